The largest absolute Gasteiger partial charge is 0.357 e. The first-order valence-corrected chi connectivity index (χ1v) is 7.88. The van der Waals surface area contributed by atoms with E-state index in [2.05, 4.69) is 16.2 Å². The highest BCUT2D eigenvalue weighted by atomic mass is 32.1. The average Bonchev–Trinajstić information content (AvgIpc) is 2.48. The Morgan fingerprint density at radius 2 is 1.88 bits per heavy atom. The molecule has 3 N–H and O–H groups in total. The summed E-state index contributed by atoms with van der Waals surface area (Å²) in [4.78, 5) is 37.4. The average molecular weight is 348 g/mol. The summed E-state index contributed by atoms with van der Waals surface area (Å²) in [5.41, 5.74) is 5.80. The zero-order valence-electron chi connectivity index (χ0n) is 13.8. The van der Waals surface area contributed by atoms with Gasteiger partial charge in [0.25, 0.3) is 11.8 Å². The SMILES string of the molecule is CC(C)(C)NC(=S)NNC(=O)CN1C(=O)Cc2ccccc2C1=O. The lowest BCUT2D eigenvalue weighted by molar-refractivity contribution is -0.133. The lowest BCUT2D eigenvalue weighted by atomic mass is 9.98. The second kappa shape index (κ2) is 6.96. The summed E-state index contributed by atoms with van der Waals surface area (Å²) in [6.07, 6.45) is 0.104. The van der Waals surface area contributed by atoms with Gasteiger partial charge in [-0.05, 0) is 44.6 Å². The topological polar surface area (TPSA) is 90.5 Å². The molecule has 1 aliphatic heterocycles. The molecule has 1 aliphatic rings. The maximum Gasteiger partial charge on any atom is 0.261 e. The Morgan fingerprint density at radius 1 is 1.21 bits per heavy atom. The molecular weight excluding hydrogens is 328 g/mol. The maximum atomic E-state index is 12.4. The second-order valence-electron chi connectivity index (χ2n) is 6.50. The number of rotatable bonds is 2. The standard InChI is InChI=1S/C16H20N4O3S/c1-16(2,3)17-15(24)19-18-12(21)9-20-13(22)8-10-6-4-5-7-11(10)14(20)23/h4-7H,8-9H2,1-3H3,(H,18,21)(H2,17,19,24). The van der Waals surface area contributed by atoms with Gasteiger partial charge < -0.3 is 5.32 Å². The lowest BCUT2D eigenvalue weighted by Crippen LogP contribution is -2.55. The van der Waals surface area contributed by atoms with Crippen molar-refractivity contribution in [2.75, 3.05) is 6.54 Å². The minimum Gasteiger partial charge on any atom is -0.357 e. The zero-order valence-corrected chi connectivity index (χ0v) is 14.6. The molecule has 24 heavy (non-hydrogen) atoms. The zero-order chi connectivity index (χ0) is 17.9. The predicted octanol–water partition coefficient (Wildman–Crippen LogP) is 0.505. The van der Waals surface area contributed by atoms with Crippen molar-refractivity contribution in [3.63, 3.8) is 0 Å². The number of benzene rings is 1. The molecule has 0 saturated carbocycles. The Kier molecular flexibility index (Phi) is 5.18. The van der Waals surface area contributed by atoms with Crippen molar-refractivity contribution >= 4 is 35.1 Å². The quantitative estimate of drug-likeness (QED) is 0.410. The van der Waals surface area contributed by atoms with E-state index in [0.29, 0.717) is 11.1 Å². The molecule has 1 aromatic carbocycles. The minimum absolute atomic E-state index is 0.104. The van der Waals surface area contributed by atoms with Crippen molar-refractivity contribution in [2.45, 2.75) is 32.7 Å². The molecule has 1 heterocycles. The second-order valence-corrected chi connectivity index (χ2v) is 6.90. The van der Waals surface area contributed by atoms with Gasteiger partial charge in [-0.25, -0.2) is 0 Å². The van der Waals surface area contributed by atoms with Gasteiger partial charge in [-0.1, -0.05) is 18.2 Å². The maximum absolute atomic E-state index is 12.4. The van der Waals surface area contributed by atoms with E-state index in [0.717, 1.165) is 4.90 Å². The van der Waals surface area contributed by atoms with E-state index in [9.17, 15) is 14.4 Å². The number of carbonyl (C=O) groups excluding carboxylic acids is 3. The number of fused-ring (bicyclic) bond motifs is 1. The van der Waals surface area contributed by atoms with Gasteiger partial charge in [-0.2, -0.15) is 0 Å². The first-order valence-electron chi connectivity index (χ1n) is 7.47. The number of hydrogen-bond acceptors (Lipinski definition) is 4. The third kappa shape index (κ3) is 4.51. The van der Waals surface area contributed by atoms with E-state index in [-0.39, 0.29) is 23.6 Å². The van der Waals surface area contributed by atoms with Crippen molar-refractivity contribution in [1.29, 1.82) is 0 Å². The smallest absolute Gasteiger partial charge is 0.261 e. The molecule has 0 fully saturated rings. The van der Waals surface area contributed by atoms with Crippen molar-refractivity contribution in [1.82, 2.24) is 21.1 Å². The van der Waals surface area contributed by atoms with E-state index >= 15 is 0 Å². The van der Waals surface area contributed by atoms with Crippen LogP contribution in [0.15, 0.2) is 24.3 Å². The first-order chi connectivity index (χ1) is 11.2. The fraction of sp³-hybridized carbons (Fsp3) is 0.375. The highest BCUT2D eigenvalue weighted by Crippen LogP contribution is 2.19. The minimum atomic E-state index is -0.533. The monoisotopic (exact) mass is 348 g/mol. The van der Waals surface area contributed by atoms with Crippen LogP contribution >= 0.6 is 12.2 Å². The van der Waals surface area contributed by atoms with Gasteiger partial charge in [0.2, 0.25) is 5.91 Å². The Balaban J connectivity index is 1.94. The molecular formula is C16H20N4O3S. The van der Waals surface area contributed by atoms with Gasteiger partial charge in [-0.15, -0.1) is 0 Å². The van der Waals surface area contributed by atoms with Gasteiger partial charge in [0.15, 0.2) is 5.11 Å². The number of hydrazine groups is 1. The molecule has 0 saturated heterocycles. The number of thiocarbonyl (C=S) groups is 1. The number of nitrogens with zero attached hydrogens (tertiary/aromatic N) is 1. The molecule has 0 aliphatic carbocycles. The molecule has 0 atom stereocenters. The Hall–Kier alpha value is -2.48. The summed E-state index contributed by atoms with van der Waals surface area (Å²) >= 11 is 5.04. The summed E-state index contributed by atoms with van der Waals surface area (Å²) in [6.45, 7) is 5.40. The molecule has 0 aromatic heterocycles. The Bertz CT molecular complexity index is 697. The van der Waals surface area contributed by atoms with E-state index in [1.807, 2.05) is 20.8 Å². The van der Waals surface area contributed by atoms with Crippen LogP contribution in [-0.2, 0) is 16.0 Å². The predicted molar refractivity (Wildman–Crippen MR) is 93.0 cm³/mol. The third-order valence-electron chi connectivity index (χ3n) is 3.24. The first kappa shape index (κ1) is 17.9. The van der Waals surface area contributed by atoms with Crippen molar-refractivity contribution < 1.29 is 14.4 Å². The van der Waals surface area contributed by atoms with Gasteiger partial charge in [0.05, 0.1) is 6.42 Å². The molecule has 8 heteroatoms. The van der Waals surface area contributed by atoms with Crippen LogP contribution in [0.5, 0.6) is 0 Å². The summed E-state index contributed by atoms with van der Waals surface area (Å²) in [5, 5.41) is 3.21. The summed E-state index contributed by atoms with van der Waals surface area (Å²) in [6, 6.07) is 6.88. The number of hydrogen-bond donors (Lipinski definition) is 3. The van der Waals surface area contributed by atoms with Gasteiger partial charge in [0, 0.05) is 11.1 Å². The number of imide groups is 1. The van der Waals surface area contributed by atoms with Crippen LogP contribution in [0.25, 0.3) is 0 Å². The molecule has 2 rings (SSSR count). The highest BCUT2D eigenvalue weighted by molar-refractivity contribution is 7.80. The highest BCUT2D eigenvalue weighted by Gasteiger charge is 2.31. The van der Waals surface area contributed by atoms with E-state index in [4.69, 9.17) is 12.2 Å². The van der Waals surface area contributed by atoms with Crippen molar-refractivity contribution in [3.8, 4) is 0 Å². The van der Waals surface area contributed by atoms with Crippen LogP contribution in [0, 0.1) is 0 Å². The van der Waals surface area contributed by atoms with E-state index in [1.165, 1.54) is 0 Å². The van der Waals surface area contributed by atoms with Crippen LogP contribution < -0.4 is 16.2 Å². The van der Waals surface area contributed by atoms with Crippen LogP contribution in [0.2, 0.25) is 0 Å². The van der Waals surface area contributed by atoms with Crippen molar-refractivity contribution in [2.24, 2.45) is 0 Å². The Morgan fingerprint density at radius 3 is 2.54 bits per heavy atom. The van der Waals surface area contributed by atoms with Crippen LogP contribution in [0.3, 0.4) is 0 Å². The fourth-order valence-corrected chi connectivity index (χ4v) is 2.60. The number of amides is 3. The van der Waals surface area contributed by atoms with Gasteiger partial charge in [0.1, 0.15) is 6.54 Å². The number of carbonyl (C=O) groups is 3. The van der Waals surface area contributed by atoms with E-state index < -0.39 is 17.7 Å². The summed E-state index contributed by atoms with van der Waals surface area (Å²) < 4.78 is 0. The van der Waals surface area contributed by atoms with Crippen LogP contribution in [-0.4, -0.2) is 39.8 Å². The molecule has 0 unspecified atom stereocenters. The van der Waals surface area contributed by atoms with Gasteiger partial charge in [-0.3, -0.25) is 30.1 Å². The lowest BCUT2D eigenvalue weighted by Gasteiger charge is -2.27. The molecule has 1 aromatic rings. The molecule has 0 bridgehead atoms. The molecule has 0 radical (unpaired) electrons. The Labute approximate surface area is 145 Å². The molecule has 3 amide bonds. The fourth-order valence-electron chi connectivity index (χ4n) is 2.24. The van der Waals surface area contributed by atoms with Crippen molar-refractivity contribution in [3.05, 3.63) is 35.4 Å². The van der Waals surface area contributed by atoms with Crippen LogP contribution in [0.4, 0.5) is 0 Å². The van der Waals surface area contributed by atoms with E-state index in [1.54, 1.807) is 24.3 Å². The summed E-state index contributed by atoms with van der Waals surface area (Å²) in [7, 11) is 0. The number of nitrogens with one attached hydrogen (secondary N) is 3. The molecule has 128 valence electrons. The normalized spacial score (nSPS) is 14.0. The molecule has 7 nitrogen and oxygen atoms in total. The molecule has 0 spiro atoms. The van der Waals surface area contributed by atoms with Gasteiger partial charge >= 0.3 is 0 Å². The third-order valence-corrected chi connectivity index (χ3v) is 3.45. The van der Waals surface area contributed by atoms with Crippen LogP contribution in [0.1, 0.15) is 36.7 Å². The summed E-state index contributed by atoms with van der Waals surface area (Å²) in [5.74, 6) is -1.40.